The molecule has 112 valence electrons. The predicted octanol–water partition coefficient (Wildman–Crippen LogP) is 2.84. The highest BCUT2D eigenvalue weighted by Crippen LogP contribution is 2.20. The number of benzene rings is 3. The van der Waals surface area contributed by atoms with E-state index in [0.29, 0.717) is 16.6 Å². The van der Waals surface area contributed by atoms with Crippen molar-refractivity contribution in [2.24, 2.45) is 7.05 Å². The molecule has 0 amide bonds. The molecule has 4 heteroatoms. The topological polar surface area (TPSA) is 44.0 Å². The molecular weight excluding hydrogens is 288 g/mol. The van der Waals surface area contributed by atoms with E-state index >= 15 is 0 Å². The van der Waals surface area contributed by atoms with Gasteiger partial charge < -0.3 is 0 Å². The Kier molecular flexibility index (Phi) is 2.91. The van der Waals surface area contributed by atoms with Gasteiger partial charge in [0.2, 0.25) is 0 Å². The molecule has 0 unspecified atom stereocenters. The standard InChI is InChI=1S/C19H14N2O2/c1-20-16-11-5-4-10-15(16)18(22)21(19(20)23)17-12-6-8-13-7-2-3-9-14(13)17/h2-12H,1H3. The second-order valence-electron chi connectivity index (χ2n) is 5.50. The largest absolute Gasteiger partial charge is 0.335 e. The lowest BCUT2D eigenvalue weighted by Gasteiger charge is -2.12. The normalized spacial score (nSPS) is 11.2. The van der Waals surface area contributed by atoms with Gasteiger partial charge in [0.1, 0.15) is 0 Å². The summed E-state index contributed by atoms with van der Waals surface area (Å²) in [5, 5.41) is 2.40. The predicted molar refractivity (Wildman–Crippen MR) is 92.3 cm³/mol. The molecule has 0 saturated carbocycles. The van der Waals surface area contributed by atoms with Crippen LogP contribution in [-0.4, -0.2) is 9.13 Å². The molecule has 0 saturated heterocycles. The van der Waals surface area contributed by atoms with Crippen LogP contribution < -0.4 is 11.2 Å². The molecule has 4 nitrogen and oxygen atoms in total. The first-order valence-corrected chi connectivity index (χ1v) is 7.37. The van der Waals surface area contributed by atoms with E-state index < -0.39 is 0 Å². The first-order valence-electron chi connectivity index (χ1n) is 7.37. The summed E-state index contributed by atoms with van der Waals surface area (Å²) < 4.78 is 2.77. The molecule has 23 heavy (non-hydrogen) atoms. The SMILES string of the molecule is Cn1c(=O)n(-c2cccc3ccccc23)c(=O)c2ccccc21. The third kappa shape index (κ3) is 1.92. The number of nitrogens with zero attached hydrogens (tertiary/aromatic N) is 2. The minimum Gasteiger partial charge on any atom is -0.296 e. The van der Waals surface area contributed by atoms with E-state index in [1.807, 2.05) is 48.5 Å². The maximum atomic E-state index is 12.9. The highest BCUT2D eigenvalue weighted by molar-refractivity contribution is 5.90. The van der Waals surface area contributed by atoms with Crippen molar-refractivity contribution < 1.29 is 0 Å². The van der Waals surface area contributed by atoms with E-state index in [9.17, 15) is 9.59 Å². The number of hydrogen-bond acceptors (Lipinski definition) is 2. The molecule has 4 aromatic rings. The molecule has 1 aromatic heterocycles. The maximum absolute atomic E-state index is 12.9. The molecule has 0 spiro atoms. The van der Waals surface area contributed by atoms with Gasteiger partial charge in [0.05, 0.1) is 16.6 Å². The van der Waals surface area contributed by atoms with Crippen molar-refractivity contribution in [3.8, 4) is 5.69 Å². The fraction of sp³-hybridized carbons (Fsp3) is 0.0526. The smallest absolute Gasteiger partial charge is 0.296 e. The average molecular weight is 302 g/mol. The molecular formula is C19H14N2O2. The van der Waals surface area contributed by atoms with Gasteiger partial charge in [-0.3, -0.25) is 9.36 Å². The lowest BCUT2D eigenvalue weighted by atomic mass is 10.1. The lowest BCUT2D eigenvalue weighted by Crippen LogP contribution is -2.37. The molecule has 0 N–H and O–H groups in total. The number of aromatic nitrogens is 2. The van der Waals surface area contributed by atoms with Gasteiger partial charge in [-0.1, -0.05) is 48.5 Å². The van der Waals surface area contributed by atoms with Crippen molar-refractivity contribution >= 4 is 21.7 Å². The van der Waals surface area contributed by atoms with Crippen LogP contribution in [-0.2, 0) is 7.05 Å². The Hall–Kier alpha value is -3.14. The van der Waals surface area contributed by atoms with E-state index in [-0.39, 0.29) is 11.2 Å². The van der Waals surface area contributed by atoms with Gasteiger partial charge in [0.15, 0.2) is 0 Å². The van der Waals surface area contributed by atoms with Crippen LogP contribution in [0.5, 0.6) is 0 Å². The Labute approximate surface area is 131 Å². The van der Waals surface area contributed by atoms with Gasteiger partial charge in [0.25, 0.3) is 5.56 Å². The summed E-state index contributed by atoms with van der Waals surface area (Å²) >= 11 is 0. The zero-order valence-corrected chi connectivity index (χ0v) is 12.6. The van der Waals surface area contributed by atoms with Gasteiger partial charge in [-0.05, 0) is 23.6 Å². The molecule has 0 fully saturated rings. The van der Waals surface area contributed by atoms with Crippen molar-refractivity contribution in [1.29, 1.82) is 0 Å². The van der Waals surface area contributed by atoms with Gasteiger partial charge in [0, 0.05) is 12.4 Å². The second-order valence-corrected chi connectivity index (χ2v) is 5.50. The Morgan fingerprint density at radius 3 is 2.22 bits per heavy atom. The van der Waals surface area contributed by atoms with Crippen molar-refractivity contribution in [2.75, 3.05) is 0 Å². The van der Waals surface area contributed by atoms with Crippen molar-refractivity contribution in [2.45, 2.75) is 0 Å². The monoisotopic (exact) mass is 302 g/mol. The molecule has 3 aromatic carbocycles. The van der Waals surface area contributed by atoms with E-state index in [4.69, 9.17) is 0 Å². The van der Waals surface area contributed by atoms with Crippen LogP contribution in [0.1, 0.15) is 0 Å². The molecule has 0 aliphatic heterocycles. The van der Waals surface area contributed by atoms with E-state index in [0.717, 1.165) is 10.8 Å². The highest BCUT2D eigenvalue weighted by atomic mass is 16.2. The quantitative estimate of drug-likeness (QED) is 0.543. The number of rotatable bonds is 1. The summed E-state index contributed by atoms with van der Waals surface area (Å²) in [7, 11) is 1.69. The first kappa shape index (κ1) is 13.5. The molecule has 0 bridgehead atoms. The molecule has 0 aliphatic rings. The molecule has 4 rings (SSSR count). The van der Waals surface area contributed by atoms with Crippen LogP contribution in [0, 0.1) is 0 Å². The van der Waals surface area contributed by atoms with Gasteiger partial charge in [-0.2, -0.15) is 0 Å². The molecule has 1 heterocycles. The summed E-state index contributed by atoms with van der Waals surface area (Å²) in [5.41, 5.74) is 0.614. The maximum Gasteiger partial charge on any atom is 0.335 e. The summed E-state index contributed by atoms with van der Waals surface area (Å²) in [6.45, 7) is 0. The Morgan fingerprint density at radius 2 is 1.39 bits per heavy atom. The van der Waals surface area contributed by atoms with E-state index in [1.165, 1.54) is 9.13 Å². The highest BCUT2D eigenvalue weighted by Gasteiger charge is 2.13. The molecule has 0 aliphatic carbocycles. The van der Waals surface area contributed by atoms with Crippen molar-refractivity contribution in [3.05, 3.63) is 87.6 Å². The fourth-order valence-electron chi connectivity index (χ4n) is 3.02. The Morgan fingerprint density at radius 1 is 0.739 bits per heavy atom. The zero-order valence-electron chi connectivity index (χ0n) is 12.6. The fourth-order valence-corrected chi connectivity index (χ4v) is 3.02. The average Bonchev–Trinajstić information content (AvgIpc) is 2.60. The summed E-state index contributed by atoms with van der Waals surface area (Å²) in [5.74, 6) is 0. The van der Waals surface area contributed by atoms with E-state index in [1.54, 1.807) is 25.2 Å². The van der Waals surface area contributed by atoms with Crippen LogP contribution in [0.15, 0.2) is 76.3 Å². The zero-order chi connectivity index (χ0) is 16.0. The number of para-hydroxylation sites is 1. The minimum atomic E-state index is -0.343. The van der Waals surface area contributed by atoms with Gasteiger partial charge in [-0.15, -0.1) is 0 Å². The second kappa shape index (κ2) is 4.95. The number of aryl methyl sites for hydroxylation is 1. The molecule has 0 atom stereocenters. The van der Waals surface area contributed by atoms with Gasteiger partial charge >= 0.3 is 5.69 Å². The van der Waals surface area contributed by atoms with Crippen LogP contribution in [0.4, 0.5) is 0 Å². The Balaban J connectivity index is 2.22. The van der Waals surface area contributed by atoms with Crippen LogP contribution in [0.25, 0.3) is 27.4 Å². The van der Waals surface area contributed by atoms with Crippen molar-refractivity contribution in [3.63, 3.8) is 0 Å². The van der Waals surface area contributed by atoms with Crippen molar-refractivity contribution in [1.82, 2.24) is 9.13 Å². The number of hydrogen-bond donors (Lipinski definition) is 0. The summed E-state index contributed by atoms with van der Waals surface area (Å²) in [6, 6.07) is 20.5. The number of fused-ring (bicyclic) bond motifs is 2. The van der Waals surface area contributed by atoms with Crippen LogP contribution >= 0.6 is 0 Å². The minimum absolute atomic E-state index is 0.292. The third-order valence-corrected chi connectivity index (χ3v) is 4.18. The van der Waals surface area contributed by atoms with Crippen LogP contribution in [0.3, 0.4) is 0 Å². The molecule has 0 radical (unpaired) electrons. The summed E-state index contributed by atoms with van der Waals surface area (Å²) in [4.78, 5) is 25.7. The summed E-state index contributed by atoms with van der Waals surface area (Å²) in [6.07, 6.45) is 0. The third-order valence-electron chi connectivity index (χ3n) is 4.18. The van der Waals surface area contributed by atoms with E-state index in [2.05, 4.69) is 0 Å². The lowest BCUT2D eigenvalue weighted by molar-refractivity contribution is 0.776. The Bertz CT molecular complexity index is 1160. The van der Waals surface area contributed by atoms with Gasteiger partial charge in [-0.25, -0.2) is 9.36 Å². The van der Waals surface area contributed by atoms with Crippen LogP contribution in [0.2, 0.25) is 0 Å². The first-order chi connectivity index (χ1) is 11.2.